The monoisotopic (exact) mass is 211 g/mol. The van der Waals surface area contributed by atoms with Gasteiger partial charge in [0.25, 0.3) is 0 Å². The van der Waals surface area contributed by atoms with Crippen LogP contribution in [-0.2, 0) is 0 Å². The van der Waals surface area contributed by atoms with E-state index in [1.165, 1.54) is 0 Å². The smallest absolute Gasteiger partial charge is 0.152 e. The fraction of sp³-hybridized carbons (Fsp3) is 0.500. The Morgan fingerprint density at radius 2 is 2.50 bits per heavy atom. The maximum atomic E-state index is 5.87. The van der Waals surface area contributed by atoms with Gasteiger partial charge < -0.3 is 10.2 Å². The lowest BCUT2D eigenvalue weighted by Crippen LogP contribution is -2.41. The first kappa shape index (κ1) is 9.59. The molecule has 1 atom stereocenters. The van der Waals surface area contributed by atoms with Crippen LogP contribution in [0.1, 0.15) is 13.3 Å². The van der Waals surface area contributed by atoms with E-state index in [2.05, 4.69) is 29.2 Å². The van der Waals surface area contributed by atoms with E-state index in [1.807, 2.05) is 6.07 Å². The van der Waals surface area contributed by atoms with Crippen LogP contribution in [0.15, 0.2) is 12.3 Å². The SMILES string of the molecule is CCC1CNc2cc(Cl)cnc2N1C. The van der Waals surface area contributed by atoms with Gasteiger partial charge in [0.05, 0.1) is 10.7 Å². The van der Waals surface area contributed by atoms with Crippen LogP contribution in [0.4, 0.5) is 11.5 Å². The third kappa shape index (κ3) is 1.52. The van der Waals surface area contributed by atoms with Crippen molar-refractivity contribution in [1.82, 2.24) is 4.98 Å². The van der Waals surface area contributed by atoms with E-state index in [-0.39, 0.29) is 0 Å². The summed E-state index contributed by atoms with van der Waals surface area (Å²) in [6.07, 6.45) is 2.81. The van der Waals surface area contributed by atoms with Crippen molar-refractivity contribution < 1.29 is 0 Å². The summed E-state index contributed by atoms with van der Waals surface area (Å²) in [5.41, 5.74) is 1.03. The number of anilines is 2. The van der Waals surface area contributed by atoms with Gasteiger partial charge in [-0.05, 0) is 12.5 Å². The Morgan fingerprint density at radius 1 is 1.71 bits per heavy atom. The van der Waals surface area contributed by atoms with Crippen LogP contribution in [0.3, 0.4) is 0 Å². The molecule has 0 aromatic carbocycles. The first-order chi connectivity index (χ1) is 6.72. The van der Waals surface area contributed by atoms with Crippen molar-refractivity contribution in [1.29, 1.82) is 0 Å². The lowest BCUT2D eigenvalue weighted by atomic mass is 10.1. The number of rotatable bonds is 1. The molecule has 14 heavy (non-hydrogen) atoms. The predicted molar refractivity (Wildman–Crippen MR) is 60.2 cm³/mol. The minimum Gasteiger partial charge on any atom is -0.380 e. The van der Waals surface area contributed by atoms with E-state index in [0.717, 1.165) is 24.5 Å². The molecule has 1 aromatic heterocycles. The number of hydrogen-bond acceptors (Lipinski definition) is 3. The number of aromatic nitrogens is 1. The molecule has 0 saturated carbocycles. The second-order valence-corrected chi connectivity index (χ2v) is 4.02. The van der Waals surface area contributed by atoms with Gasteiger partial charge in [-0.1, -0.05) is 18.5 Å². The second kappa shape index (κ2) is 3.65. The molecular formula is C10H14ClN3. The van der Waals surface area contributed by atoms with Gasteiger partial charge >= 0.3 is 0 Å². The molecule has 0 fully saturated rings. The summed E-state index contributed by atoms with van der Waals surface area (Å²) < 4.78 is 0. The molecule has 0 radical (unpaired) electrons. The number of hydrogen-bond donors (Lipinski definition) is 1. The molecule has 76 valence electrons. The Kier molecular flexibility index (Phi) is 2.50. The fourth-order valence-corrected chi connectivity index (χ4v) is 1.96. The van der Waals surface area contributed by atoms with Gasteiger partial charge in [-0.15, -0.1) is 0 Å². The highest BCUT2D eigenvalue weighted by Gasteiger charge is 2.22. The maximum Gasteiger partial charge on any atom is 0.152 e. The summed E-state index contributed by atoms with van der Waals surface area (Å²) in [5, 5.41) is 4.03. The van der Waals surface area contributed by atoms with Crippen LogP contribution in [-0.4, -0.2) is 24.6 Å². The summed E-state index contributed by atoms with van der Waals surface area (Å²) >= 11 is 5.87. The zero-order chi connectivity index (χ0) is 10.1. The van der Waals surface area contributed by atoms with Gasteiger partial charge in [0, 0.05) is 25.8 Å². The molecular weight excluding hydrogens is 198 g/mol. The fourth-order valence-electron chi connectivity index (χ4n) is 1.80. The molecule has 1 aliphatic rings. The summed E-state index contributed by atoms with van der Waals surface area (Å²) in [4.78, 5) is 6.54. The van der Waals surface area contributed by atoms with Crippen molar-refractivity contribution in [2.75, 3.05) is 23.8 Å². The Balaban J connectivity index is 2.36. The quantitative estimate of drug-likeness (QED) is 0.773. The molecule has 4 heteroatoms. The molecule has 2 rings (SSSR count). The number of nitrogens with zero attached hydrogens (tertiary/aromatic N) is 2. The largest absolute Gasteiger partial charge is 0.380 e. The second-order valence-electron chi connectivity index (χ2n) is 3.58. The van der Waals surface area contributed by atoms with E-state index >= 15 is 0 Å². The van der Waals surface area contributed by atoms with Crippen molar-refractivity contribution in [2.24, 2.45) is 0 Å². The van der Waals surface area contributed by atoms with Gasteiger partial charge in [-0.3, -0.25) is 0 Å². The molecule has 2 heterocycles. The van der Waals surface area contributed by atoms with E-state index in [0.29, 0.717) is 11.1 Å². The predicted octanol–water partition coefficient (Wildman–Crippen LogP) is 2.38. The standard InChI is InChI=1S/C10H14ClN3/c1-3-8-6-12-9-4-7(11)5-13-10(9)14(8)2/h4-5,8,12H,3,6H2,1-2H3. The van der Waals surface area contributed by atoms with Gasteiger partial charge in [0.2, 0.25) is 0 Å². The Hall–Kier alpha value is -0.960. The first-order valence-corrected chi connectivity index (χ1v) is 5.22. The zero-order valence-corrected chi connectivity index (χ0v) is 9.17. The molecule has 1 aliphatic heterocycles. The van der Waals surface area contributed by atoms with Crippen molar-refractivity contribution in [3.63, 3.8) is 0 Å². The molecule has 0 saturated heterocycles. The van der Waals surface area contributed by atoms with Gasteiger partial charge in [0.1, 0.15) is 0 Å². The van der Waals surface area contributed by atoms with Crippen LogP contribution in [0.25, 0.3) is 0 Å². The zero-order valence-electron chi connectivity index (χ0n) is 8.42. The Morgan fingerprint density at radius 3 is 3.21 bits per heavy atom. The molecule has 1 aromatic rings. The third-order valence-corrected chi connectivity index (χ3v) is 2.92. The molecule has 3 nitrogen and oxygen atoms in total. The molecule has 0 amide bonds. The average Bonchev–Trinajstić information content (AvgIpc) is 2.18. The number of pyridine rings is 1. The lowest BCUT2D eigenvalue weighted by Gasteiger charge is -2.35. The van der Waals surface area contributed by atoms with Gasteiger partial charge in [-0.2, -0.15) is 0 Å². The summed E-state index contributed by atoms with van der Waals surface area (Å²) in [5.74, 6) is 0.993. The number of fused-ring (bicyclic) bond motifs is 1. The van der Waals surface area contributed by atoms with Crippen molar-refractivity contribution in [3.05, 3.63) is 17.3 Å². The Labute approximate surface area is 89.1 Å². The molecule has 1 N–H and O–H groups in total. The van der Waals surface area contributed by atoms with Crippen LogP contribution < -0.4 is 10.2 Å². The van der Waals surface area contributed by atoms with Gasteiger partial charge in [-0.25, -0.2) is 4.98 Å². The van der Waals surface area contributed by atoms with Crippen LogP contribution >= 0.6 is 11.6 Å². The third-order valence-electron chi connectivity index (χ3n) is 2.71. The van der Waals surface area contributed by atoms with Gasteiger partial charge in [0.15, 0.2) is 5.82 Å². The van der Waals surface area contributed by atoms with Crippen molar-refractivity contribution in [3.8, 4) is 0 Å². The minimum absolute atomic E-state index is 0.524. The van der Waals surface area contributed by atoms with Crippen molar-refractivity contribution in [2.45, 2.75) is 19.4 Å². The summed E-state index contributed by atoms with van der Waals surface area (Å²) in [6, 6.07) is 2.45. The molecule has 0 spiro atoms. The maximum absolute atomic E-state index is 5.87. The lowest BCUT2D eigenvalue weighted by molar-refractivity contribution is 0.615. The molecule has 0 aliphatic carbocycles. The summed E-state index contributed by atoms with van der Waals surface area (Å²) in [6.45, 7) is 3.14. The first-order valence-electron chi connectivity index (χ1n) is 4.84. The normalized spacial score (nSPS) is 20.2. The highest BCUT2D eigenvalue weighted by molar-refractivity contribution is 6.30. The highest BCUT2D eigenvalue weighted by atomic mass is 35.5. The highest BCUT2D eigenvalue weighted by Crippen LogP contribution is 2.30. The van der Waals surface area contributed by atoms with Crippen LogP contribution in [0.5, 0.6) is 0 Å². The number of halogens is 1. The number of likely N-dealkylation sites (N-methyl/N-ethyl adjacent to an activating group) is 1. The van der Waals surface area contributed by atoms with Crippen LogP contribution in [0, 0.1) is 0 Å². The summed E-state index contributed by atoms with van der Waals surface area (Å²) in [7, 11) is 2.08. The average molecular weight is 212 g/mol. The molecule has 1 unspecified atom stereocenters. The van der Waals surface area contributed by atoms with E-state index in [9.17, 15) is 0 Å². The van der Waals surface area contributed by atoms with Crippen LogP contribution in [0.2, 0.25) is 5.02 Å². The topological polar surface area (TPSA) is 28.2 Å². The Bertz CT molecular complexity index is 340. The number of nitrogens with one attached hydrogen (secondary N) is 1. The molecule has 0 bridgehead atoms. The van der Waals surface area contributed by atoms with E-state index < -0.39 is 0 Å². The van der Waals surface area contributed by atoms with E-state index in [1.54, 1.807) is 6.20 Å². The van der Waals surface area contributed by atoms with E-state index in [4.69, 9.17) is 11.6 Å². The van der Waals surface area contributed by atoms with Crippen molar-refractivity contribution >= 4 is 23.1 Å². The minimum atomic E-state index is 0.524.